The summed E-state index contributed by atoms with van der Waals surface area (Å²) in [5.74, 6) is 0.858. The number of amides is 1. The van der Waals surface area contributed by atoms with Crippen LogP contribution in [0.4, 0.5) is 17.5 Å². The van der Waals surface area contributed by atoms with E-state index in [0.717, 1.165) is 17.0 Å². The van der Waals surface area contributed by atoms with Gasteiger partial charge < -0.3 is 9.73 Å². The van der Waals surface area contributed by atoms with Crippen LogP contribution in [-0.4, -0.2) is 15.9 Å². The van der Waals surface area contributed by atoms with E-state index in [0.29, 0.717) is 28.5 Å². The predicted octanol–water partition coefficient (Wildman–Crippen LogP) is 4.17. The summed E-state index contributed by atoms with van der Waals surface area (Å²) in [7, 11) is 0. The average molecular weight is 361 g/mol. The Hall–Kier alpha value is -3.66. The quantitative estimate of drug-likeness (QED) is 0.723. The number of nitrogens with one attached hydrogen (secondary N) is 2. The van der Waals surface area contributed by atoms with Crippen LogP contribution in [0.25, 0.3) is 0 Å². The van der Waals surface area contributed by atoms with E-state index in [4.69, 9.17) is 4.42 Å². The third-order valence-electron chi connectivity index (χ3n) is 4.09. The second-order valence-electron chi connectivity index (χ2n) is 6.23. The van der Waals surface area contributed by atoms with Crippen LogP contribution in [0.1, 0.15) is 38.6 Å². The first-order chi connectivity index (χ1) is 12.9. The number of hydrogen-bond donors (Lipinski definition) is 2. The summed E-state index contributed by atoms with van der Waals surface area (Å²) in [6.45, 7) is 7.31. The summed E-state index contributed by atoms with van der Waals surface area (Å²) < 4.78 is 5.49. The molecule has 7 heteroatoms. The molecule has 0 unspecified atom stereocenters. The first-order valence-corrected chi connectivity index (χ1v) is 8.38. The van der Waals surface area contributed by atoms with Crippen LogP contribution in [-0.2, 0) is 0 Å². The number of hydrogen-bond acceptors (Lipinski definition) is 6. The van der Waals surface area contributed by atoms with Gasteiger partial charge in [-0.1, -0.05) is 6.07 Å². The second kappa shape index (κ2) is 7.30. The SMILES string of the molecule is Cc1cc(C)nc(Nc2cccc(C(=O)Nc3oc(C)c(C)c3C#N)c2)n1. The molecule has 0 radical (unpaired) electrons. The van der Waals surface area contributed by atoms with Gasteiger partial charge in [-0.05, 0) is 52.0 Å². The van der Waals surface area contributed by atoms with E-state index in [9.17, 15) is 10.1 Å². The number of carbonyl (C=O) groups excluding carboxylic acids is 1. The van der Waals surface area contributed by atoms with E-state index in [-0.39, 0.29) is 11.8 Å². The number of anilines is 3. The van der Waals surface area contributed by atoms with Crippen molar-refractivity contribution in [2.24, 2.45) is 0 Å². The number of aromatic nitrogens is 2. The Bertz CT molecular complexity index is 1040. The van der Waals surface area contributed by atoms with E-state index >= 15 is 0 Å². The van der Waals surface area contributed by atoms with Crippen LogP contribution in [0.2, 0.25) is 0 Å². The summed E-state index contributed by atoms with van der Waals surface area (Å²) >= 11 is 0. The summed E-state index contributed by atoms with van der Waals surface area (Å²) in [5.41, 5.74) is 3.85. The zero-order valence-electron chi connectivity index (χ0n) is 15.5. The summed E-state index contributed by atoms with van der Waals surface area (Å²) in [5, 5.41) is 15.0. The normalized spacial score (nSPS) is 10.3. The average Bonchev–Trinajstić information content (AvgIpc) is 2.87. The van der Waals surface area contributed by atoms with Crippen molar-refractivity contribution in [1.82, 2.24) is 9.97 Å². The fourth-order valence-electron chi connectivity index (χ4n) is 2.67. The van der Waals surface area contributed by atoms with E-state index in [1.165, 1.54) is 0 Å². The van der Waals surface area contributed by atoms with Crippen LogP contribution in [0, 0.1) is 39.0 Å². The molecular weight excluding hydrogens is 342 g/mol. The number of nitriles is 1. The van der Waals surface area contributed by atoms with Crippen molar-refractivity contribution in [3.63, 3.8) is 0 Å². The smallest absolute Gasteiger partial charge is 0.258 e. The van der Waals surface area contributed by atoms with E-state index in [2.05, 4.69) is 26.7 Å². The minimum Gasteiger partial charge on any atom is -0.444 e. The minimum atomic E-state index is -0.370. The van der Waals surface area contributed by atoms with E-state index in [1.54, 1.807) is 32.0 Å². The lowest BCUT2D eigenvalue weighted by molar-refractivity contribution is 0.102. The third-order valence-corrected chi connectivity index (χ3v) is 4.09. The lowest BCUT2D eigenvalue weighted by atomic mass is 10.1. The molecule has 1 amide bonds. The third kappa shape index (κ3) is 3.96. The molecule has 0 fully saturated rings. The lowest BCUT2D eigenvalue weighted by Gasteiger charge is -2.08. The molecule has 0 saturated carbocycles. The number of nitrogens with zero attached hydrogens (tertiary/aromatic N) is 3. The summed E-state index contributed by atoms with van der Waals surface area (Å²) in [6, 6.07) is 10.9. The number of furan rings is 1. The van der Waals surface area contributed by atoms with Crippen LogP contribution >= 0.6 is 0 Å². The van der Waals surface area contributed by atoms with Crippen molar-refractivity contribution >= 4 is 23.4 Å². The molecule has 136 valence electrons. The topological polar surface area (TPSA) is 104 Å². The van der Waals surface area contributed by atoms with E-state index in [1.807, 2.05) is 26.0 Å². The molecule has 0 bridgehead atoms. The first-order valence-electron chi connectivity index (χ1n) is 8.38. The molecule has 2 heterocycles. The standard InChI is InChI=1S/C20H19N5O2/c1-11-8-12(2)23-20(22-11)24-16-7-5-6-15(9-16)18(26)25-19-17(10-21)13(3)14(4)27-19/h5-9H,1-4H3,(H,25,26)(H,22,23,24). The second-order valence-corrected chi connectivity index (χ2v) is 6.23. The summed E-state index contributed by atoms with van der Waals surface area (Å²) in [6.07, 6.45) is 0. The molecule has 2 aromatic heterocycles. The fourth-order valence-corrected chi connectivity index (χ4v) is 2.67. The monoisotopic (exact) mass is 361 g/mol. The largest absolute Gasteiger partial charge is 0.444 e. The highest BCUT2D eigenvalue weighted by atomic mass is 16.4. The summed E-state index contributed by atoms with van der Waals surface area (Å²) in [4.78, 5) is 21.2. The molecule has 7 nitrogen and oxygen atoms in total. The highest BCUT2D eigenvalue weighted by molar-refractivity contribution is 6.04. The lowest BCUT2D eigenvalue weighted by Crippen LogP contribution is -2.12. The Morgan fingerprint density at radius 3 is 2.48 bits per heavy atom. The molecule has 1 aromatic carbocycles. The van der Waals surface area contributed by atoms with Gasteiger partial charge in [0.05, 0.1) is 0 Å². The Morgan fingerprint density at radius 1 is 1.11 bits per heavy atom. The number of rotatable bonds is 4. The molecule has 0 atom stereocenters. The van der Waals surface area contributed by atoms with Gasteiger partial charge in [0.15, 0.2) is 0 Å². The molecule has 0 aliphatic rings. The van der Waals surface area contributed by atoms with E-state index < -0.39 is 0 Å². The van der Waals surface area contributed by atoms with Crippen molar-refractivity contribution < 1.29 is 9.21 Å². The molecule has 3 aromatic rings. The fraction of sp³-hybridized carbons (Fsp3) is 0.200. The van der Waals surface area contributed by atoms with Gasteiger partial charge >= 0.3 is 0 Å². The van der Waals surface area contributed by atoms with Gasteiger partial charge in [0, 0.05) is 28.2 Å². The van der Waals surface area contributed by atoms with Crippen molar-refractivity contribution in [3.8, 4) is 6.07 Å². The zero-order valence-corrected chi connectivity index (χ0v) is 15.5. The Labute approximate surface area is 157 Å². The first kappa shape index (κ1) is 18.1. The molecule has 3 rings (SSSR count). The van der Waals surface area contributed by atoms with Crippen molar-refractivity contribution in [2.45, 2.75) is 27.7 Å². The van der Waals surface area contributed by atoms with Gasteiger partial charge in [-0.2, -0.15) is 5.26 Å². The Kier molecular flexibility index (Phi) is 4.90. The molecule has 0 saturated heterocycles. The highest BCUT2D eigenvalue weighted by Crippen LogP contribution is 2.26. The van der Waals surface area contributed by atoms with Crippen LogP contribution in [0.15, 0.2) is 34.7 Å². The van der Waals surface area contributed by atoms with Crippen LogP contribution in [0.5, 0.6) is 0 Å². The van der Waals surface area contributed by atoms with Crippen molar-refractivity contribution in [1.29, 1.82) is 5.26 Å². The maximum absolute atomic E-state index is 12.6. The number of aryl methyl sites for hydroxylation is 3. The highest BCUT2D eigenvalue weighted by Gasteiger charge is 2.17. The maximum Gasteiger partial charge on any atom is 0.258 e. The molecule has 2 N–H and O–H groups in total. The van der Waals surface area contributed by atoms with Gasteiger partial charge in [-0.3, -0.25) is 10.1 Å². The van der Waals surface area contributed by atoms with Gasteiger partial charge in [-0.15, -0.1) is 0 Å². The minimum absolute atomic E-state index is 0.161. The molecule has 0 aliphatic heterocycles. The maximum atomic E-state index is 12.6. The number of carbonyl (C=O) groups is 1. The van der Waals surface area contributed by atoms with Gasteiger partial charge in [0.25, 0.3) is 5.91 Å². The molecule has 0 spiro atoms. The van der Waals surface area contributed by atoms with Gasteiger partial charge in [0.1, 0.15) is 17.4 Å². The van der Waals surface area contributed by atoms with Crippen molar-refractivity contribution in [2.75, 3.05) is 10.6 Å². The number of benzene rings is 1. The van der Waals surface area contributed by atoms with Gasteiger partial charge in [0.2, 0.25) is 11.8 Å². The molecular formula is C20H19N5O2. The van der Waals surface area contributed by atoms with Gasteiger partial charge in [-0.25, -0.2) is 9.97 Å². The Morgan fingerprint density at radius 2 is 1.81 bits per heavy atom. The Balaban J connectivity index is 1.82. The van der Waals surface area contributed by atoms with Crippen LogP contribution < -0.4 is 10.6 Å². The molecule has 27 heavy (non-hydrogen) atoms. The van der Waals surface area contributed by atoms with Crippen molar-refractivity contribution in [3.05, 3.63) is 64.2 Å². The predicted molar refractivity (Wildman–Crippen MR) is 102 cm³/mol. The zero-order chi connectivity index (χ0) is 19.6. The van der Waals surface area contributed by atoms with Crippen LogP contribution in [0.3, 0.4) is 0 Å². The molecule has 0 aliphatic carbocycles.